The molecule has 0 fully saturated rings. The molecule has 0 unspecified atom stereocenters. The fourth-order valence-corrected chi connectivity index (χ4v) is 1.52. The molecule has 0 saturated heterocycles. The lowest BCUT2D eigenvalue weighted by Crippen LogP contribution is -2.51. The molecule has 0 bridgehead atoms. The van der Waals surface area contributed by atoms with Crippen molar-refractivity contribution in [1.29, 1.82) is 5.26 Å². The second kappa shape index (κ2) is 6.54. The van der Waals surface area contributed by atoms with Gasteiger partial charge >= 0.3 is 12.0 Å². The average molecular weight is 277 g/mol. The Bertz CT molecular complexity index is 551. The zero-order valence-corrected chi connectivity index (χ0v) is 11.1. The summed E-state index contributed by atoms with van der Waals surface area (Å²) in [5.41, 5.74) is 0.823. The van der Waals surface area contributed by atoms with E-state index in [2.05, 4.69) is 5.32 Å². The van der Waals surface area contributed by atoms with Gasteiger partial charge in [-0.1, -0.05) is 6.07 Å². The highest BCUT2D eigenvalue weighted by Crippen LogP contribution is 2.14. The van der Waals surface area contributed by atoms with Gasteiger partial charge in [-0.2, -0.15) is 5.26 Å². The number of carbonyl (C=O) groups is 2. The third kappa shape index (κ3) is 3.70. The van der Waals surface area contributed by atoms with Gasteiger partial charge in [0.15, 0.2) is 6.04 Å². The van der Waals surface area contributed by atoms with Gasteiger partial charge in [0, 0.05) is 12.7 Å². The Morgan fingerprint density at radius 3 is 2.60 bits per heavy atom. The number of nitrogens with zero attached hydrogens (tertiary/aromatic N) is 2. The minimum absolute atomic E-state index is 0.382. The number of hydrogen-bond donors (Lipinski definition) is 3. The van der Waals surface area contributed by atoms with Crippen molar-refractivity contribution in [3.05, 3.63) is 29.8 Å². The summed E-state index contributed by atoms with van der Waals surface area (Å²) in [6.07, 6.45) is -1.23. The van der Waals surface area contributed by atoms with E-state index < -0.39 is 24.1 Å². The zero-order valence-electron chi connectivity index (χ0n) is 11.1. The van der Waals surface area contributed by atoms with E-state index in [9.17, 15) is 14.7 Å². The van der Waals surface area contributed by atoms with E-state index in [0.717, 1.165) is 0 Å². The van der Waals surface area contributed by atoms with Crippen LogP contribution in [0.15, 0.2) is 24.3 Å². The van der Waals surface area contributed by atoms with Crippen LogP contribution in [0.5, 0.6) is 0 Å². The normalized spacial score (nSPS) is 12.9. The average Bonchev–Trinajstić information content (AvgIpc) is 2.42. The summed E-state index contributed by atoms with van der Waals surface area (Å²) >= 11 is 0. The van der Waals surface area contributed by atoms with Crippen molar-refractivity contribution in [3.63, 3.8) is 0 Å². The highest BCUT2D eigenvalue weighted by Gasteiger charge is 2.26. The van der Waals surface area contributed by atoms with Gasteiger partial charge in [0.25, 0.3) is 0 Å². The Morgan fingerprint density at radius 1 is 1.45 bits per heavy atom. The van der Waals surface area contributed by atoms with Crippen molar-refractivity contribution in [2.45, 2.75) is 19.1 Å². The van der Waals surface area contributed by atoms with Crippen molar-refractivity contribution in [3.8, 4) is 6.07 Å². The van der Waals surface area contributed by atoms with E-state index in [-0.39, 0.29) is 0 Å². The van der Waals surface area contributed by atoms with E-state index in [1.165, 1.54) is 24.9 Å². The molecule has 20 heavy (non-hydrogen) atoms. The van der Waals surface area contributed by atoms with Crippen LogP contribution >= 0.6 is 0 Å². The number of carboxylic acid groups (broad SMARTS) is 1. The Kier molecular flexibility index (Phi) is 5.06. The van der Waals surface area contributed by atoms with Crippen LogP contribution in [0.25, 0.3) is 0 Å². The SMILES string of the molecule is C[C@@H](O)[C@H](NC(=O)N(C)c1cccc(C#N)c1)C(=O)O. The Labute approximate surface area is 116 Å². The molecule has 7 heteroatoms. The summed E-state index contributed by atoms with van der Waals surface area (Å²) < 4.78 is 0. The van der Waals surface area contributed by atoms with Crippen molar-refractivity contribution in [2.24, 2.45) is 0 Å². The summed E-state index contributed by atoms with van der Waals surface area (Å²) in [7, 11) is 1.44. The summed E-state index contributed by atoms with van der Waals surface area (Å²) in [4.78, 5) is 24.0. The van der Waals surface area contributed by atoms with Crippen molar-refractivity contribution < 1.29 is 19.8 Å². The topological polar surface area (TPSA) is 114 Å². The minimum Gasteiger partial charge on any atom is -0.480 e. The number of aliphatic hydroxyl groups excluding tert-OH is 1. The molecular weight excluding hydrogens is 262 g/mol. The maximum absolute atomic E-state index is 11.9. The van der Waals surface area contributed by atoms with Crippen LogP contribution in [0, 0.1) is 11.3 Å². The molecule has 0 radical (unpaired) electrons. The zero-order chi connectivity index (χ0) is 15.3. The van der Waals surface area contributed by atoms with Crippen molar-refractivity contribution >= 4 is 17.7 Å². The maximum atomic E-state index is 11.9. The number of carboxylic acids is 1. The minimum atomic E-state index is -1.40. The Hall–Kier alpha value is -2.59. The standard InChI is InChI=1S/C13H15N3O4/c1-8(17)11(12(18)19)15-13(20)16(2)10-5-3-4-9(6-10)7-14/h3-6,8,11,17H,1-2H3,(H,15,20)(H,18,19)/t8-,11+/m1/s1. The number of hydrogen-bond acceptors (Lipinski definition) is 4. The monoisotopic (exact) mass is 277 g/mol. The number of benzene rings is 1. The number of amides is 2. The first-order valence-electron chi connectivity index (χ1n) is 5.82. The smallest absolute Gasteiger partial charge is 0.328 e. The van der Waals surface area contributed by atoms with E-state index in [1.807, 2.05) is 6.07 Å². The molecule has 0 aromatic heterocycles. The number of aliphatic carboxylic acids is 1. The maximum Gasteiger partial charge on any atom is 0.328 e. The van der Waals surface area contributed by atoms with E-state index in [0.29, 0.717) is 11.3 Å². The molecule has 0 spiro atoms. The van der Waals surface area contributed by atoms with Crippen LogP contribution in [-0.4, -0.2) is 41.4 Å². The fraction of sp³-hybridized carbons (Fsp3) is 0.308. The van der Waals surface area contributed by atoms with Crippen LogP contribution in [0.4, 0.5) is 10.5 Å². The molecule has 0 aliphatic rings. The summed E-state index contributed by atoms with van der Waals surface area (Å²) in [6.45, 7) is 1.27. The first-order chi connectivity index (χ1) is 9.36. The molecular formula is C13H15N3O4. The molecule has 0 aliphatic heterocycles. The number of rotatable bonds is 4. The molecule has 3 N–H and O–H groups in total. The highest BCUT2D eigenvalue weighted by molar-refractivity contribution is 5.94. The number of urea groups is 1. The van der Waals surface area contributed by atoms with Gasteiger partial charge in [-0.15, -0.1) is 0 Å². The van der Waals surface area contributed by atoms with Crippen LogP contribution in [-0.2, 0) is 4.79 Å². The summed E-state index contributed by atoms with van der Waals surface area (Å²) in [6, 6.07) is 6.17. The van der Waals surface area contributed by atoms with Crippen LogP contribution in [0.2, 0.25) is 0 Å². The Balaban J connectivity index is 2.86. The van der Waals surface area contributed by atoms with Crippen molar-refractivity contribution in [1.82, 2.24) is 5.32 Å². The molecule has 2 atom stereocenters. The van der Waals surface area contributed by atoms with E-state index in [1.54, 1.807) is 18.2 Å². The first kappa shape index (κ1) is 15.5. The largest absolute Gasteiger partial charge is 0.480 e. The number of nitriles is 1. The molecule has 2 amide bonds. The second-order valence-electron chi connectivity index (χ2n) is 4.23. The third-order valence-corrected chi connectivity index (χ3v) is 2.69. The second-order valence-corrected chi connectivity index (χ2v) is 4.23. The highest BCUT2D eigenvalue weighted by atomic mass is 16.4. The lowest BCUT2D eigenvalue weighted by molar-refractivity contribution is -0.141. The van der Waals surface area contributed by atoms with Gasteiger partial charge in [-0.05, 0) is 25.1 Å². The quantitative estimate of drug-likeness (QED) is 0.743. The van der Waals surface area contributed by atoms with Crippen LogP contribution < -0.4 is 10.2 Å². The number of anilines is 1. The predicted octanol–water partition coefficient (Wildman–Crippen LogP) is 0.538. The summed E-state index contributed by atoms with van der Waals surface area (Å²) in [5, 5.41) is 29.2. The van der Waals surface area contributed by atoms with Gasteiger partial charge in [-0.3, -0.25) is 4.90 Å². The van der Waals surface area contributed by atoms with Gasteiger partial charge in [0.1, 0.15) is 0 Å². The molecule has 1 rings (SSSR count). The van der Waals surface area contributed by atoms with Gasteiger partial charge in [0.05, 0.1) is 17.7 Å². The van der Waals surface area contributed by atoms with Gasteiger partial charge in [0.2, 0.25) is 0 Å². The number of nitrogens with one attached hydrogen (secondary N) is 1. The lowest BCUT2D eigenvalue weighted by Gasteiger charge is -2.22. The molecule has 106 valence electrons. The molecule has 0 aliphatic carbocycles. The third-order valence-electron chi connectivity index (χ3n) is 2.69. The molecule has 0 saturated carbocycles. The van der Waals surface area contributed by atoms with Crippen molar-refractivity contribution in [2.75, 3.05) is 11.9 Å². The van der Waals surface area contributed by atoms with E-state index >= 15 is 0 Å². The predicted molar refractivity (Wildman–Crippen MR) is 71.2 cm³/mol. The fourth-order valence-electron chi connectivity index (χ4n) is 1.52. The van der Waals surface area contributed by atoms with Gasteiger partial charge in [-0.25, -0.2) is 9.59 Å². The molecule has 1 aromatic rings. The Morgan fingerprint density at radius 2 is 2.10 bits per heavy atom. The number of aliphatic hydroxyl groups is 1. The van der Waals surface area contributed by atoms with Crippen LogP contribution in [0.3, 0.4) is 0 Å². The summed E-state index contributed by atoms with van der Waals surface area (Å²) in [5.74, 6) is -1.33. The molecule has 7 nitrogen and oxygen atoms in total. The number of carbonyl (C=O) groups excluding carboxylic acids is 1. The first-order valence-corrected chi connectivity index (χ1v) is 5.82. The van der Waals surface area contributed by atoms with E-state index in [4.69, 9.17) is 10.4 Å². The van der Waals surface area contributed by atoms with Crippen LogP contribution in [0.1, 0.15) is 12.5 Å². The lowest BCUT2D eigenvalue weighted by atomic mass is 10.2. The molecule has 1 aromatic carbocycles. The van der Waals surface area contributed by atoms with Gasteiger partial charge < -0.3 is 15.5 Å². The molecule has 0 heterocycles.